The van der Waals surface area contributed by atoms with E-state index < -0.39 is 7.14 Å². The van der Waals surface area contributed by atoms with Crippen molar-refractivity contribution in [1.29, 1.82) is 0 Å². The SMILES string of the molecule is O=P1(c2ccccc2Cl)C=CCC1. The van der Waals surface area contributed by atoms with Crippen LogP contribution in [0, 0.1) is 0 Å². The molecule has 0 radical (unpaired) electrons. The Labute approximate surface area is 82.8 Å². The fraction of sp³-hybridized carbons (Fsp3) is 0.200. The van der Waals surface area contributed by atoms with E-state index in [0.29, 0.717) is 5.02 Å². The van der Waals surface area contributed by atoms with Gasteiger partial charge in [0.05, 0.1) is 5.02 Å². The minimum atomic E-state index is -2.27. The van der Waals surface area contributed by atoms with Gasteiger partial charge in [-0.3, -0.25) is 0 Å². The molecular formula is C10H10ClOP. The average molecular weight is 213 g/mol. The second-order valence-corrected chi connectivity index (χ2v) is 6.37. The molecule has 13 heavy (non-hydrogen) atoms. The van der Waals surface area contributed by atoms with Gasteiger partial charge in [0.25, 0.3) is 0 Å². The maximum Gasteiger partial charge on any atom is 0.137 e. The molecule has 1 aliphatic rings. The van der Waals surface area contributed by atoms with Crippen LogP contribution < -0.4 is 5.30 Å². The van der Waals surface area contributed by atoms with Gasteiger partial charge >= 0.3 is 0 Å². The van der Waals surface area contributed by atoms with Crippen LogP contribution in [0.1, 0.15) is 6.42 Å². The van der Waals surface area contributed by atoms with Gasteiger partial charge in [-0.2, -0.15) is 0 Å². The summed E-state index contributed by atoms with van der Waals surface area (Å²) in [4.78, 5) is 0. The van der Waals surface area contributed by atoms with E-state index in [1.165, 1.54) is 0 Å². The molecule has 1 atom stereocenters. The van der Waals surface area contributed by atoms with Gasteiger partial charge in [-0.15, -0.1) is 0 Å². The molecule has 1 aromatic carbocycles. The van der Waals surface area contributed by atoms with Gasteiger partial charge in [-0.1, -0.05) is 29.8 Å². The lowest BCUT2D eigenvalue weighted by Gasteiger charge is -2.10. The monoisotopic (exact) mass is 212 g/mol. The highest BCUT2D eigenvalue weighted by Gasteiger charge is 2.25. The summed E-state index contributed by atoms with van der Waals surface area (Å²) < 4.78 is 12.3. The van der Waals surface area contributed by atoms with Crippen LogP contribution in [0.15, 0.2) is 36.2 Å². The van der Waals surface area contributed by atoms with Crippen LogP contribution in [0.4, 0.5) is 0 Å². The number of hydrogen-bond donors (Lipinski definition) is 0. The molecule has 1 aliphatic heterocycles. The van der Waals surface area contributed by atoms with Crippen molar-refractivity contribution < 1.29 is 4.57 Å². The number of allylic oxidation sites excluding steroid dienone is 1. The van der Waals surface area contributed by atoms with Gasteiger partial charge in [0.15, 0.2) is 0 Å². The predicted octanol–water partition coefficient (Wildman–Crippen LogP) is 3.25. The van der Waals surface area contributed by atoms with E-state index in [-0.39, 0.29) is 0 Å². The van der Waals surface area contributed by atoms with E-state index in [9.17, 15) is 4.57 Å². The van der Waals surface area contributed by atoms with Crippen molar-refractivity contribution in [3.05, 3.63) is 41.2 Å². The van der Waals surface area contributed by atoms with Gasteiger partial charge in [0.1, 0.15) is 7.14 Å². The molecule has 1 nitrogen and oxygen atoms in total. The van der Waals surface area contributed by atoms with Crippen LogP contribution in [0.5, 0.6) is 0 Å². The molecule has 0 fully saturated rings. The van der Waals surface area contributed by atoms with Crippen LogP contribution in [0.2, 0.25) is 5.02 Å². The molecule has 0 N–H and O–H groups in total. The van der Waals surface area contributed by atoms with Gasteiger partial charge in [-0.25, -0.2) is 0 Å². The Morgan fingerprint density at radius 1 is 1.31 bits per heavy atom. The molecule has 0 spiro atoms. The molecule has 0 aromatic heterocycles. The standard InChI is InChI=1S/C10H10ClOP/c11-9-5-1-2-6-10(9)13(12)7-3-4-8-13/h1-3,5-7H,4,8H2. The van der Waals surface area contributed by atoms with Crippen molar-refractivity contribution in [1.82, 2.24) is 0 Å². The molecular weight excluding hydrogens is 203 g/mol. The summed E-state index contributed by atoms with van der Waals surface area (Å²) in [5.41, 5.74) is 0. The van der Waals surface area contributed by atoms with E-state index >= 15 is 0 Å². The quantitative estimate of drug-likeness (QED) is 0.653. The number of benzene rings is 1. The Balaban J connectivity index is 2.52. The van der Waals surface area contributed by atoms with E-state index in [2.05, 4.69) is 0 Å². The third-order valence-electron chi connectivity index (χ3n) is 2.23. The summed E-state index contributed by atoms with van der Waals surface area (Å²) in [7, 11) is -2.27. The Morgan fingerprint density at radius 2 is 2.08 bits per heavy atom. The zero-order valence-electron chi connectivity index (χ0n) is 7.11. The first kappa shape index (κ1) is 9.05. The summed E-state index contributed by atoms with van der Waals surface area (Å²) in [5.74, 6) is 1.83. The Kier molecular flexibility index (Phi) is 2.31. The molecule has 1 heterocycles. The second-order valence-electron chi connectivity index (χ2n) is 3.14. The van der Waals surface area contributed by atoms with Gasteiger partial charge in [-0.05, 0) is 24.4 Å². The molecule has 68 valence electrons. The highest BCUT2D eigenvalue weighted by atomic mass is 35.5. The predicted molar refractivity (Wildman–Crippen MR) is 57.3 cm³/mol. The fourth-order valence-electron chi connectivity index (χ4n) is 1.55. The van der Waals surface area contributed by atoms with Crippen molar-refractivity contribution in [2.45, 2.75) is 6.42 Å². The topological polar surface area (TPSA) is 17.1 Å². The highest BCUT2D eigenvalue weighted by molar-refractivity contribution is 7.75. The molecule has 0 aliphatic carbocycles. The van der Waals surface area contributed by atoms with E-state index in [1.54, 1.807) is 6.07 Å². The zero-order valence-corrected chi connectivity index (χ0v) is 8.76. The molecule has 3 heteroatoms. The van der Waals surface area contributed by atoms with Gasteiger partial charge < -0.3 is 4.57 Å². The van der Waals surface area contributed by atoms with Crippen LogP contribution in [-0.4, -0.2) is 6.16 Å². The lowest BCUT2D eigenvalue weighted by atomic mass is 10.4. The zero-order chi connectivity index (χ0) is 9.31. The summed E-state index contributed by atoms with van der Waals surface area (Å²) in [5, 5.41) is 1.43. The first-order chi connectivity index (χ1) is 6.22. The van der Waals surface area contributed by atoms with Crippen molar-refractivity contribution in [2.75, 3.05) is 6.16 Å². The number of rotatable bonds is 1. The van der Waals surface area contributed by atoms with Gasteiger partial charge in [0, 0.05) is 11.5 Å². The van der Waals surface area contributed by atoms with Crippen LogP contribution in [0.25, 0.3) is 0 Å². The largest absolute Gasteiger partial charge is 0.314 e. The highest BCUT2D eigenvalue weighted by Crippen LogP contribution is 2.51. The van der Waals surface area contributed by atoms with Gasteiger partial charge in [0.2, 0.25) is 0 Å². The molecule has 2 rings (SSSR count). The average Bonchev–Trinajstić information content (AvgIpc) is 2.54. The van der Waals surface area contributed by atoms with Crippen molar-refractivity contribution in [3.8, 4) is 0 Å². The van der Waals surface area contributed by atoms with E-state index in [4.69, 9.17) is 11.6 Å². The normalized spacial score (nSPS) is 26.5. The summed E-state index contributed by atoms with van der Waals surface area (Å²) in [6.07, 6.45) is 3.61. The molecule has 0 saturated carbocycles. The van der Waals surface area contributed by atoms with E-state index in [1.807, 2.05) is 30.1 Å². The first-order valence-electron chi connectivity index (χ1n) is 4.24. The lowest BCUT2D eigenvalue weighted by molar-refractivity contribution is 0.587. The third kappa shape index (κ3) is 1.59. The Hall–Kier alpha value is -0.520. The molecule has 0 bridgehead atoms. The van der Waals surface area contributed by atoms with Crippen molar-refractivity contribution >= 4 is 24.0 Å². The molecule has 0 saturated heterocycles. The summed E-state index contributed by atoms with van der Waals surface area (Å²) in [6, 6.07) is 7.40. The third-order valence-corrected chi connectivity index (χ3v) is 5.52. The Morgan fingerprint density at radius 3 is 2.69 bits per heavy atom. The first-order valence-corrected chi connectivity index (χ1v) is 6.58. The maximum absolute atomic E-state index is 12.3. The van der Waals surface area contributed by atoms with Crippen LogP contribution in [-0.2, 0) is 4.57 Å². The smallest absolute Gasteiger partial charge is 0.137 e. The fourth-order valence-corrected chi connectivity index (χ4v) is 4.46. The number of hydrogen-bond acceptors (Lipinski definition) is 1. The van der Waals surface area contributed by atoms with Crippen molar-refractivity contribution in [3.63, 3.8) is 0 Å². The van der Waals surface area contributed by atoms with Crippen LogP contribution in [0.3, 0.4) is 0 Å². The minimum absolute atomic E-state index is 0.623. The number of halogens is 1. The molecule has 1 unspecified atom stereocenters. The Bertz CT molecular complexity index is 398. The summed E-state index contributed by atoms with van der Waals surface area (Å²) in [6.45, 7) is 0. The maximum atomic E-state index is 12.3. The summed E-state index contributed by atoms with van der Waals surface area (Å²) >= 11 is 5.99. The minimum Gasteiger partial charge on any atom is -0.314 e. The molecule has 1 aromatic rings. The van der Waals surface area contributed by atoms with Crippen molar-refractivity contribution in [2.24, 2.45) is 0 Å². The second kappa shape index (κ2) is 3.32. The van der Waals surface area contributed by atoms with E-state index in [0.717, 1.165) is 17.9 Å². The lowest BCUT2D eigenvalue weighted by Crippen LogP contribution is -2.04. The van der Waals surface area contributed by atoms with Crippen LogP contribution >= 0.6 is 18.7 Å². The molecule has 0 amide bonds.